The monoisotopic (exact) mass is 519 g/mol. The molecular weight excluding hydrogens is 477 g/mol. The lowest BCUT2D eigenvalue weighted by molar-refractivity contribution is -0.142. The van der Waals surface area contributed by atoms with Crippen LogP contribution in [0.2, 0.25) is 13.1 Å². The Labute approximate surface area is 214 Å². The number of amides is 1. The van der Waals surface area contributed by atoms with E-state index in [1.54, 1.807) is 7.05 Å². The highest BCUT2D eigenvalue weighted by Gasteiger charge is 2.55. The Bertz CT molecular complexity index is 907. The molecule has 3 atom stereocenters. The molecule has 0 aliphatic rings. The fourth-order valence-corrected chi connectivity index (χ4v) is 7.33. The standard InChI is InChI=1S/C27H42FNO4Si2/c1-19(24(31)20-11-8-7-9-12-20)27(18-10-13-23(30)29-4,21-14-16-22(28)17-15-21)26(2,3)25(32-34-5)33-35-6/h7-9,11-12,14-17,19,24-25,31H,10,13,18,34-35H2,1-6H3,(H,29,30)/t19-,24+,27+/m1/s1. The fourth-order valence-electron chi connectivity index (χ4n) is 5.50. The van der Waals surface area contributed by atoms with Crippen LogP contribution < -0.4 is 5.32 Å². The number of hydrogen-bond acceptors (Lipinski definition) is 4. The zero-order valence-electron chi connectivity index (χ0n) is 22.0. The van der Waals surface area contributed by atoms with Gasteiger partial charge in [-0.1, -0.05) is 76.3 Å². The maximum atomic E-state index is 14.1. The first-order valence-corrected chi connectivity index (χ1v) is 16.6. The van der Waals surface area contributed by atoms with Gasteiger partial charge in [-0.3, -0.25) is 4.79 Å². The van der Waals surface area contributed by atoms with E-state index in [-0.39, 0.29) is 17.6 Å². The molecule has 1 amide bonds. The lowest BCUT2D eigenvalue weighted by Crippen LogP contribution is -2.56. The van der Waals surface area contributed by atoms with Gasteiger partial charge >= 0.3 is 0 Å². The number of aliphatic hydroxyl groups is 1. The van der Waals surface area contributed by atoms with Gasteiger partial charge in [0.1, 0.15) is 12.1 Å². The van der Waals surface area contributed by atoms with Crippen molar-refractivity contribution in [3.8, 4) is 0 Å². The van der Waals surface area contributed by atoms with Crippen LogP contribution in [0.1, 0.15) is 57.3 Å². The predicted octanol–water partition coefficient (Wildman–Crippen LogP) is 4.00. The van der Waals surface area contributed by atoms with Crippen LogP contribution in [0, 0.1) is 17.2 Å². The number of carbonyl (C=O) groups is 1. The van der Waals surface area contributed by atoms with Gasteiger partial charge in [-0.2, -0.15) is 0 Å². The average Bonchev–Trinajstić information content (AvgIpc) is 2.86. The molecule has 2 rings (SSSR count). The van der Waals surface area contributed by atoms with E-state index in [0.717, 1.165) is 11.1 Å². The van der Waals surface area contributed by atoms with Gasteiger partial charge < -0.3 is 19.3 Å². The summed E-state index contributed by atoms with van der Waals surface area (Å²) < 4.78 is 26.7. The van der Waals surface area contributed by atoms with Gasteiger partial charge in [-0.25, -0.2) is 4.39 Å². The Kier molecular flexibility index (Phi) is 11.3. The van der Waals surface area contributed by atoms with Gasteiger partial charge in [0, 0.05) is 24.3 Å². The second-order valence-electron chi connectivity index (χ2n) is 9.61. The van der Waals surface area contributed by atoms with E-state index < -0.39 is 42.8 Å². The van der Waals surface area contributed by atoms with Crippen molar-refractivity contribution >= 4 is 25.4 Å². The molecule has 0 radical (unpaired) electrons. The summed E-state index contributed by atoms with van der Waals surface area (Å²) in [5, 5.41) is 14.4. The van der Waals surface area contributed by atoms with E-state index in [4.69, 9.17) is 8.85 Å². The van der Waals surface area contributed by atoms with Crippen molar-refractivity contribution in [2.75, 3.05) is 7.05 Å². The molecule has 0 aliphatic heterocycles. The van der Waals surface area contributed by atoms with Crippen molar-refractivity contribution in [1.29, 1.82) is 0 Å². The molecule has 5 nitrogen and oxygen atoms in total. The Hall–Kier alpha value is -1.85. The molecule has 0 spiro atoms. The van der Waals surface area contributed by atoms with Crippen LogP contribution in [-0.4, -0.2) is 43.9 Å². The quantitative estimate of drug-likeness (QED) is 0.292. The van der Waals surface area contributed by atoms with E-state index in [9.17, 15) is 14.3 Å². The van der Waals surface area contributed by atoms with Crippen LogP contribution in [0.15, 0.2) is 54.6 Å². The first-order chi connectivity index (χ1) is 16.6. The van der Waals surface area contributed by atoms with Crippen LogP contribution >= 0.6 is 0 Å². The highest BCUT2D eigenvalue weighted by Crippen LogP contribution is 2.56. The van der Waals surface area contributed by atoms with Crippen molar-refractivity contribution in [2.24, 2.45) is 11.3 Å². The minimum atomic E-state index is -0.798. The van der Waals surface area contributed by atoms with Gasteiger partial charge in [0.15, 0.2) is 19.5 Å². The molecule has 194 valence electrons. The van der Waals surface area contributed by atoms with E-state index >= 15 is 0 Å². The molecule has 0 fully saturated rings. The summed E-state index contributed by atoms with van der Waals surface area (Å²) in [5.74, 6) is -0.632. The van der Waals surface area contributed by atoms with E-state index in [1.807, 2.05) is 49.4 Å². The van der Waals surface area contributed by atoms with Gasteiger partial charge in [0.2, 0.25) is 5.91 Å². The van der Waals surface area contributed by atoms with Crippen molar-refractivity contribution in [2.45, 2.75) is 70.9 Å². The minimum Gasteiger partial charge on any atom is -0.400 e. The first kappa shape index (κ1) is 29.4. The number of benzene rings is 2. The molecule has 35 heavy (non-hydrogen) atoms. The molecular formula is C27H42FNO4Si2. The molecule has 2 aromatic carbocycles. The third-order valence-electron chi connectivity index (χ3n) is 7.38. The molecule has 0 aliphatic carbocycles. The normalized spacial score (nSPS) is 16.9. The lowest BCUT2D eigenvalue weighted by atomic mass is 9.52. The molecule has 0 heterocycles. The maximum Gasteiger partial charge on any atom is 0.219 e. The third kappa shape index (κ3) is 6.68. The third-order valence-corrected chi connectivity index (χ3v) is 8.65. The molecule has 8 heteroatoms. The number of halogens is 1. The summed E-state index contributed by atoms with van der Waals surface area (Å²) >= 11 is 0. The molecule has 0 aromatic heterocycles. The lowest BCUT2D eigenvalue weighted by Gasteiger charge is -2.55. The Balaban J connectivity index is 2.74. The number of nitrogens with one attached hydrogen (secondary N) is 1. The summed E-state index contributed by atoms with van der Waals surface area (Å²) in [6.45, 7) is 10.5. The number of hydrogen-bond donors (Lipinski definition) is 2. The van der Waals surface area contributed by atoms with Crippen molar-refractivity contribution in [1.82, 2.24) is 5.32 Å². The van der Waals surface area contributed by atoms with E-state index in [0.29, 0.717) is 19.3 Å². The first-order valence-electron chi connectivity index (χ1n) is 12.6. The van der Waals surface area contributed by atoms with Crippen LogP contribution in [0.25, 0.3) is 0 Å². The highest BCUT2D eigenvalue weighted by atomic mass is 28.2. The van der Waals surface area contributed by atoms with E-state index in [1.165, 1.54) is 12.1 Å². The summed E-state index contributed by atoms with van der Waals surface area (Å²) in [6.07, 6.45) is 0.335. The molecule has 2 N–H and O–H groups in total. The largest absolute Gasteiger partial charge is 0.400 e. The van der Waals surface area contributed by atoms with Gasteiger partial charge in [-0.05, 0) is 42.0 Å². The Morgan fingerprint density at radius 1 is 1.06 bits per heavy atom. The van der Waals surface area contributed by atoms with Crippen molar-refractivity contribution < 1.29 is 23.1 Å². The maximum absolute atomic E-state index is 14.1. The van der Waals surface area contributed by atoms with Crippen LogP contribution in [0.5, 0.6) is 0 Å². The van der Waals surface area contributed by atoms with Crippen molar-refractivity contribution in [3.05, 3.63) is 71.5 Å². The summed E-state index contributed by atoms with van der Waals surface area (Å²) in [7, 11) is 0.0404. The summed E-state index contributed by atoms with van der Waals surface area (Å²) in [6, 6.07) is 16.2. The van der Waals surface area contributed by atoms with Gasteiger partial charge in [0.25, 0.3) is 0 Å². The summed E-state index contributed by atoms with van der Waals surface area (Å²) in [5.41, 5.74) is 0.467. The Morgan fingerprint density at radius 2 is 1.63 bits per heavy atom. The molecule has 0 bridgehead atoms. The van der Waals surface area contributed by atoms with Gasteiger partial charge in [-0.15, -0.1) is 0 Å². The van der Waals surface area contributed by atoms with Crippen molar-refractivity contribution in [3.63, 3.8) is 0 Å². The average molecular weight is 520 g/mol. The van der Waals surface area contributed by atoms with Crippen LogP contribution in [0.3, 0.4) is 0 Å². The molecule has 0 saturated heterocycles. The van der Waals surface area contributed by atoms with Gasteiger partial charge in [0.05, 0.1) is 6.10 Å². The molecule has 0 unspecified atom stereocenters. The number of carbonyl (C=O) groups excluding carboxylic acids is 1. The van der Waals surface area contributed by atoms with Crippen LogP contribution in [0.4, 0.5) is 4.39 Å². The highest BCUT2D eigenvalue weighted by molar-refractivity contribution is 6.26. The zero-order valence-corrected chi connectivity index (χ0v) is 24.8. The minimum absolute atomic E-state index is 0.0296. The second kappa shape index (κ2) is 13.5. The SMILES string of the molecule is CNC(=O)CCC[C@@](c1ccc(F)cc1)([C@H](C)[C@H](O)c1ccccc1)C(C)(C)C(O[SiH2]C)O[SiH2]C. The number of aliphatic hydroxyl groups excluding tert-OH is 1. The fraction of sp³-hybridized carbons (Fsp3) is 0.519. The number of rotatable bonds is 14. The molecule has 2 aromatic rings. The predicted molar refractivity (Wildman–Crippen MR) is 145 cm³/mol. The smallest absolute Gasteiger partial charge is 0.219 e. The van der Waals surface area contributed by atoms with E-state index in [2.05, 4.69) is 32.3 Å². The molecule has 0 saturated carbocycles. The zero-order chi connectivity index (χ0) is 26.1. The second-order valence-corrected chi connectivity index (χ2v) is 11.4. The summed E-state index contributed by atoms with van der Waals surface area (Å²) in [4.78, 5) is 12.1. The topological polar surface area (TPSA) is 67.8 Å². The van der Waals surface area contributed by atoms with Crippen LogP contribution in [-0.2, 0) is 19.1 Å². The Morgan fingerprint density at radius 3 is 2.14 bits per heavy atom.